The van der Waals surface area contributed by atoms with E-state index in [0.717, 1.165) is 25.4 Å². The molecular weight excluding hydrogens is 186 g/mol. The highest BCUT2D eigenvalue weighted by Gasteiger charge is 2.27. The number of nitrogens with two attached hydrogens (primary N) is 1. The summed E-state index contributed by atoms with van der Waals surface area (Å²) < 4.78 is 0. The second-order valence-electron chi connectivity index (χ2n) is 4.85. The van der Waals surface area contributed by atoms with Crippen molar-refractivity contribution >= 4 is 0 Å². The number of nitrogens with zero attached hydrogens (tertiary/aromatic N) is 2. The molecule has 1 rings (SSSR count). The molecule has 0 aromatic carbocycles. The average Bonchev–Trinajstić information content (AvgIpc) is 3.02. The monoisotopic (exact) mass is 209 g/mol. The summed E-state index contributed by atoms with van der Waals surface area (Å²) in [6.45, 7) is 6.36. The van der Waals surface area contributed by atoms with Crippen molar-refractivity contribution in [2.75, 3.05) is 13.1 Å². The van der Waals surface area contributed by atoms with Crippen molar-refractivity contribution in [3.63, 3.8) is 0 Å². The molecule has 1 aliphatic rings. The van der Waals surface area contributed by atoms with Crippen LogP contribution in [0.1, 0.15) is 46.0 Å². The summed E-state index contributed by atoms with van der Waals surface area (Å²) >= 11 is 0. The first kappa shape index (κ1) is 12.5. The van der Waals surface area contributed by atoms with Crippen molar-refractivity contribution in [2.45, 2.75) is 57.5 Å². The lowest BCUT2D eigenvalue weighted by atomic mass is 9.98. The van der Waals surface area contributed by atoms with Crippen LogP contribution in [0, 0.1) is 11.3 Å². The molecule has 0 aromatic heterocycles. The molecule has 0 saturated heterocycles. The molecule has 15 heavy (non-hydrogen) atoms. The van der Waals surface area contributed by atoms with Gasteiger partial charge in [0.05, 0.1) is 6.07 Å². The number of unbranched alkanes of at least 4 members (excludes halogenated alkanes) is 1. The second-order valence-corrected chi connectivity index (χ2v) is 4.85. The lowest BCUT2D eigenvalue weighted by Crippen LogP contribution is -2.34. The fourth-order valence-corrected chi connectivity index (χ4v) is 1.90. The first-order valence-electron chi connectivity index (χ1n) is 6.03. The SMILES string of the molecule is CCN(CCCCC(C)(N)C#N)C1CC1. The van der Waals surface area contributed by atoms with Gasteiger partial charge in [-0.25, -0.2) is 0 Å². The summed E-state index contributed by atoms with van der Waals surface area (Å²) in [6, 6.07) is 3.00. The molecule has 1 atom stereocenters. The molecule has 3 heteroatoms. The van der Waals surface area contributed by atoms with Crippen LogP contribution < -0.4 is 5.73 Å². The minimum absolute atomic E-state index is 0.628. The number of hydrogen-bond acceptors (Lipinski definition) is 3. The topological polar surface area (TPSA) is 53.0 Å². The molecular formula is C12H23N3. The van der Waals surface area contributed by atoms with Crippen LogP contribution in [0.5, 0.6) is 0 Å². The quantitative estimate of drug-likeness (QED) is 0.651. The highest BCUT2D eigenvalue weighted by atomic mass is 15.2. The Balaban J connectivity index is 2.08. The van der Waals surface area contributed by atoms with Crippen LogP contribution in [0.3, 0.4) is 0 Å². The Morgan fingerprint density at radius 3 is 2.60 bits per heavy atom. The summed E-state index contributed by atoms with van der Waals surface area (Å²) in [5.41, 5.74) is 5.13. The lowest BCUT2D eigenvalue weighted by Gasteiger charge is -2.20. The third-order valence-corrected chi connectivity index (χ3v) is 3.12. The van der Waals surface area contributed by atoms with Gasteiger partial charge in [0.1, 0.15) is 5.54 Å². The van der Waals surface area contributed by atoms with Gasteiger partial charge in [-0.1, -0.05) is 6.92 Å². The van der Waals surface area contributed by atoms with Crippen LogP contribution >= 0.6 is 0 Å². The van der Waals surface area contributed by atoms with Crippen molar-refractivity contribution in [1.82, 2.24) is 4.90 Å². The summed E-state index contributed by atoms with van der Waals surface area (Å²) in [5.74, 6) is 0. The van der Waals surface area contributed by atoms with Crippen molar-refractivity contribution < 1.29 is 0 Å². The van der Waals surface area contributed by atoms with Gasteiger partial charge in [0, 0.05) is 6.04 Å². The Morgan fingerprint density at radius 1 is 1.47 bits per heavy atom. The zero-order valence-electron chi connectivity index (χ0n) is 10.00. The Hall–Kier alpha value is -0.590. The van der Waals surface area contributed by atoms with E-state index in [0.29, 0.717) is 0 Å². The fraction of sp³-hybridized carbons (Fsp3) is 0.917. The molecule has 1 saturated carbocycles. The van der Waals surface area contributed by atoms with Crippen LogP contribution in [-0.2, 0) is 0 Å². The van der Waals surface area contributed by atoms with Gasteiger partial charge in [-0.2, -0.15) is 5.26 Å². The van der Waals surface area contributed by atoms with Crippen LogP contribution in [0.2, 0.25) is 0 Å². The molecule has 3 nitrogen and oxygen atoms in total. The molecule has 1 aliphatic carbocycles. The first-order valence-corrected chi connectivity index (χ1v) is 6.03. The number of rotatable bonds is 7. The second kappa shape index (κ2) is 5.48. The van der Waals surface area contributed by atoms with Crippen molar-refractivity contribution in [1.29, 1.82) is 5.26 Å². The summed E-state index contributed by atoms with van der Waals surface area (Å²) in [7, 11) is 0. The summed E-state index contributed by atoms with van der Waals surface area (Å²) in [4.78, 5) is 2.54. The third-order valence-electron chi connectivity index (χ3n) is 3.12. The lowest BCUT2D eigenvalue weighted by molar-refractivity contribution is 0.268. The Kier molecular flexibility index (Phi) is 4.56. The van der Waals surface area contributed by atoms with E-state index in [-0.39, 0.29) is 0 Å². The maximum Gasteiger partial charge on any atom is 0.101 e. The zero-order chi connectivity index (χ0) is 11.3. The highest BCUT2D eigenvalue weighted by molar-refractivity contribution is 5.00. The molecule has 0 aliphatic heterocycles. The van der Waals surface area contributed by atoms with Crippen LogP contribution in [0.25, 0.3) is 0 Å². The van der Waals surface area contributed by atoms with Crippen LogP contribution in [0.15, 0.2) is 0 Å². The van der Waals surface area contributed by atoms with Gasteiger partial charge in [-0.05, 0) is 52.1 Å². The van der Waals surface area contributed by atoms with E-state index < -0.39 is 5.54 Å². The Labute approximate surface area is 93.2 Å². The molecule has 86 valence electrons. The number of hydrogen-bond donors (Lipinski definition) is 1. The Morgan fingerprint density at radius 2 is 2.13 bits per heavy atom. The summed E-state index contributed by atoms with van der Waals surface area (Å²) in [6.07, 6.45) is 5.79. The molecule has 0 amide bonds. The van der Waals surface area contributed by atoms with Crippen molar-refractivity contribution in [3.05, 3.63) is 0 Å². The predicted octanol–water partition coefficient (Wildman–Crippen LogP) is 1.88. The zero-order valence-corrected chi connectivity index (χ0v) is 10.00. The van der Waals surface area contributed by atoms with Crippen LogP contribution in [-0.4, -0.2) is 29.6 Å². The van der Waals surface area contributed by atoms with Crippen molar-refractivity contribution in [3.8, 4) is 6.07 Å². The van der Waals surface area contributed by atoms with Gasteiger partial charge >= 0.3 is 0 Å². The van der Waals surface area contributed by atoms with E-state index in [4.69, 9.17) is 11.0 Å². The Bertz CT molecular complexity index is 226. The van der Waals surface area contributed by atoms with E-state index in [2.05, 4.69) is 17.9 Å². The minimum Gasteiger partial charge on any atom is -0.314 e. The standard InChI is InChI=1S/C12H23N3/c1-3-15(11-6-7-11)9-5-4-8-12(2,14)10-13/h11H,3-9,14H2,1-2H3. The first-order chi connectivity index (χ1) is 7.09. The van der Waals surface area contributed by atoms with Gasteiger partial charge in [0.25, 0.3) is 0 Å². The van der Waals surface area contributed by atoms with Gasteiger partial charge in [-0.3, -0.25) is 0 Å². The molecule has 2 N–H and O–H groups in total. The van der Waals surface area contributed by atoms with Crippen LogP contribution in [0.4, 0.5) is 0 Å². The fourth-order valence-electron chi connectivity index (χ4n) is 1.90. The smallest absolute Gasteiger partial charge is 0.101 e. The van der Waals surface area contributed by atoms with E-state index in [1.54, 1.807) is 0 Å². The molecule has 1 fully saturated rings. The van der Waals surface area contributed by atoms with Gasteiger partial charge < -0.3 is 10.6 Å². The average molecular weight is 209 g/mol. The molecule has 0 aromatic rings. The van der Waals surface area contributed by atoms with Gasteiger partial charge in [-0.15, -0.1) is 0 Å². The van der Waals surface area contributed by atoms with E-state index >= 15 is 0 Å². The van der Waals surface area contributed by atoms with Gasteiger partial charge in [0.15, 0.2) is 0 Å². The largest absolute Gasteiger partial charge is 0.314 e. The van der Waals surface area contributed by atoms with E-state index in [9.17, 15) is 0 Å². The molecule has 1 unspecified atom stereocenters. The minimum atomic E-state index is -0.628. The molecule has 0 bridgehead atoms. The maximum atomic E-state index is 8.76. The summed E-state index contributed by atoms with van der Waals surface area (Å²) in [5, 5.41) is 8.76. The predicted molar refractivity (Wildman–Crippen MR) is 62.3 cm³/mol. The van der Waals surface area contributed by atoms with E-state index in [1.807, 2.05) is 6.92 Å². The van der Waals surface area contributed by atoms with E-state index in [1.165, 1.54) is 25.8 Å². The third kappa shape index (κ3) is 4.63. The molecule has 0 radical (unpaired) electrons. The highest BCUT2D eigenvalue weighted by Crippen LogP contribution is 2.26. The maximum absolute atomic E-state index is 8.76. The molecule has 0 heterocycles. The van der Waals surface area contributed by atoms with Crippen molar-refractivity contribution in [2.24, 2.45) is 5.73 Å². The van der Waals surface area contributed by atoms with Gasteiger partial charge in [0.2, 0.25) is 0 Å². The molecule has 0 spiro atoms. The normalized spacial score (nSPS) is 19.9. The number of nitriles is 1.